The molecule has 0 aliphatic carbocycles. The zero-order valence-electron chi connectivity index (χ0n) is 7.93. The van der Waals surface area contributed by atoms with Crippen LogP contribution in [0.2, 0.25) is 5.02 Å². The number of hydrogen-bond donors (Lipinski definition) is 1. The van der Waals surface area contributed by atoms with Crippen LogP contribution in [0.1, 0.15) is 13.3 Å². The van der Waals surface area contributed by atoms with Crippen molar-refractivity contribution in [3.63, 3.8) is 0 Å². The van der Waals surface area contributed by atoms with Crippen LogP contribution in [-0.4, -0.2) is 13.7 Å². The molecule has 1 rings (SSSR count). The Labute approximate surface area is 83.9 Å². The first-order chi connectivity index (χ1) is 6.27. The van der Waals surface area contributed by atoms with E-state index < -0.39 is 0 Å². The number of methoxy groups -OCH3 is 1. The van der Waals surface area contributed by atoms with Crippen molar-refractivity contribution < 1.29 is 4.74 Å². The van der Waals surface area contributed by atoms with Crippen molar-refractivity contribution in [1.29, 1.82) is 0 Å². The molecule has 0 aliphatic rings. The van der Waals surface area contributed by atoms with Gasteiger partial charge in [0.15, 0.2) is 0 Å². The number of anilines is 1. The second kappa shape index (κ2) is 4.97. The normalized spacial score (nSPS) is 9.77. The molecular formula is C10H14ClNO. The predicted octanol–water partition coefficient (Wildman–Crippen LogP) is 3.17. The molecule has 0 aliphatic heterocycles. The highest BCUT2D eigenvalue weighted by molar-refractivity contribution is 6.32. The van der Waals surface area contributed by atoms with Gasteiger partial charge in [0.05, 0.1) is 12.1 Å². The van der Waals surface area contributed by atoms with E-state index in [0.717, 1.165) is 18.7 Å². The molecule has 0 spiro atoms. The molecule has 0 aromatic heterocycles. The Bertz CT molecular complexity index is 276. The summed E-state index contributed by atoms with van der Waals surface area (Å²) in [5.41, 5.74) is 1.03. The molecule has 2 nitrogen and oxygen atoms in total. The van der Waals surface area contributed by atoms with Gasteiger partial charge in [-0.3, -0.25) is 0 Å². The van der Waals surface area contributed by atoms with E-state index in [2.05, 4.69) is 12.2 Å². The molecule has 0 unspecified atom stereocenters. The summed E-state index contributed by atoms with van der Waals surface area (Å²) >= 11 is 5.94. The minimum atomic E-state index is 0.642. The molecule has 72 valence electrons. The summed E-state index contributed by atoms with van der Waals surface area (Å²) in [4.78, 5) is 0. The largest absolute Gasteiger partial charge is 0.495 e. The quantitative estimate of drug-likeness (QED) is 0.805. The van der Waals surface area contributed by atoms with E-state index in [-0.39, 0.29) is 0 Å². The van der Waals surface area contributed by atoms with Crippen molar-refractivity contribution in [2.24, 2.45) is 0 Å². The molecule has 0 atom stereocenters. The van der Waals surface area contributed by atoms with Crippen LogP contribution in [-0.2, 0) is 0 Å². The smallest absolute Gasteiger partial charge is 0.137 e. The van der Waals surface area contributed by atoms with E-state index >= 15 is 0 Å². The third-order valence-corrected chi connectivity index (χ3v) is 2.03. The van der Waals surface area contributed by atoms with Crippen LogP contribution in [0.4, 0.5) is 5.69 Å². The Morgan fingerprint density at radius 3 is 2.77 bits per heavy atom. The van der Waals surface area contributed by atoms with E-state index in [1.807, 2.05) is 18.2 Å². The number of nitrogens with one attached hydrogen (secondary N) is 1. The molecule has 0 radical (unpaired) electrons. The van der Waals surface area contributed by atoms with Crippen LogP contribution in [0.15, 0.2) is 18.2 Å². The summed E-state index contributed by atoms with van der Waals surface area (Å²) in [6, 6.07) is 5.69. The summed E-state index contributed by atoms with van der Waals surface area (Å²) in [6.07, 6.45) is 1.10. The second-order valence-electron chi connectivity index (χ2n) is 2.78. The molecule has 0 heterocycles. The van der Waals surface area contributed by atoms with E-state index in [9.17, 15) is 0 Å². The average molecular weight is 200 g/mol. The zero-order valence-corrected chi connectivity index (χ0v) is 8.69. The lowest BCUT2D eigenvalue weighted by atomic mass is 10.3. The second-order valence-corrected chi connectivity index (χ2v) is 3.18. The van der Waals surface area contributed by atoms with E-state index in [0.29, 0.717) is 10.8 Å². The van der Waals surface area contributed by atoms with Gasteiger partial charge in [0.2, 0.25) is 0 Å². The maximum absolute atomic E-state index is 5.94. The Balaban J connectivity index is 2.71. The van der Waals surface area contributed by atoms with Crippen LogP contribution >= 0.6 is 11.6 Å². The third kappa shape index (κ3) is 2.81. The fourth-order valence-electron chi connectivity index (χ4n) is 1.05. The number of rotatable bonds is 4. The van der Waals surface area contributed by atoms with Gasteiger partial charge in [-0.25, -0.2) is 0 Å². The van der Waals surface area contributed by atoms with Crippen molar-refractivity contribution >= 4 is 17.3 Å². The molecule has 1 aromatic carbocycles. The summed E-state index contributed by atoms with van der Waals surface area (Å²) in [6.45, 7) is 3.08. The van der Waals surface area contributed by atoms with Gasteiger partial charge < -0.3 is 10.1 Å². The van der Waals surface area contributed by atoms with Crippen LogP contribution in [0.3, 0.4) is 0 Å². The van der Waals surface area contributed by atoms with Crippen molar-refractivity contribution in [3.8, 4) is 5.75 Å². The maximum atomic E-state index is 5.94. The lowest BCUT2D eigenvalue weighted by Gasteiger charge is -2.07. The monoisotopic (exact) mass is 199 g/mol. The van der Waals surface area contributed by atoms with Crippen LogP contribution < -0.4 is 10.1 Å². The van der Waals surface area contributed by atoms with Gasteiger partial charge >= 0.3 is 0 Å². The highest BCUT2D eigenvalue weighted by Crippen LogP contribution is 2.26. The molecule has 0 amide bonds. The number of hydrogen-bond acceptors (Lipinski definition) is 2. The van der Waals surface area contributed by atoms with Crippen LogP contribution in [0.5, 0.6) is 5.75 Å². The lowest BCUT2D eigenvalue weighted by Crippen LogP contribution is -1.99. The Kier molecular flexibility index (Phi) is 3.90. The van der Waals surface area contributed by atoms with Gasteiger partial charge in [-0.1, -0.05) is 18.5 Å². The molecule has 0 fully saturated rings. The Morgan fingerprint density at radius 1 is 1.46 bits per heavy atom. The van der Waals surface area contributed by atoms with Crippen molar-refractivity contribution in [1.82, 2.24) is 0 Å². The van der Waals surface area contributed by atoms with Crippen LogP contribution in [0, 0.1) is 0 Å². The fourth-order valence-corrected chi connectivity index (χ4v) is 1.30. The topological polar surface area (TPSA) is 21.3 Å². The zero-order chi connectivity index (χ0) is 9.68. The fraction of sp³-hybridized carbons (Fsp3) is 0.400. The average Bonchev–Trinajstić information content (AvgIpc) is 2.15. The SMILES string of the molecule is CCCNc1ccc(OC)c(Cl)c1. The first-order valence-corrected chi connectivity index (χ1v) is 4.73. The van der Waals surface area contributed by atoms with Gasteiger partial charge in [-0.15, -0.1) is 0 Å². The molecular weight excluding hydrogens is 186 g/mol. The van der Waals surface area contributed by atoms with E-state index in [1.54, 1.807) is 7.11 Å². The third-order valence-electron chi connectivity index (χ3n) is 1.73. The standard InChI is InChI=1S/C10H14ClNO/c1-3-6-12-8-4-5-10(13-2)9(11)7-8/h4-5,7,12H,3,6H2,1-2H3. The van der Waals surface area contributed by atoms with Crippen molar-refractivity contribution in [2.75, 3.05) is 19.0 Å². The van der Waals surface area contributed by atoms with Crippen LogP contribution in [0.25, 0.3) is 0 Å². The minimum Gasteiger partial charge on any atom is -0.495 e. The minimum absolute atomic E-state index is 0.642. The number of ether oxygens (including phenoxy) is 1. The molecule has 1 aromatic rings. The molecule has 0 bridgehead atoms. The van der Waals surface area contributed by atoms with E-state index in [1.165, 1.54) is 0 Å². The van der Waals surface area contributed by atoms with Gasteiger partial charge in [0.1, 0.15) is 5.75 Å². The predicted molar refractivity (Wildman–Crippen MR) is 56.8 cm³/mol. The number of halogens is 1. The molecule has 13 heavy (non-hydrogen) atoms. The van der Waals surface area contributed by atoms with E-state index in [4.69, 9.17) is 16.3 Å². The first-order valence-electron chi connectivity index (χ1n) is 4.35. The Morgan fingerprint density at radius 2 is 2.23 bits per heavy atom. The van der Waals surface area contributed by atoms with Gasteiger partial charge in [-0.05, 0) is 24.6 Å². The van der Waals surface area contributed by atoms with Crippen molar-refractivity contribution in [3.05, 3.63) is 23.2 Å². The molecule has 3 heteroatoms. The molecule has 1 N–H and O–H groups in total. The highest BCUT2D eigenvalue weighted by Gasteiger charge is 2.00. The molecule has 0 saturated heterocycles. The summed E-state index contributed by atoms with van der Waals surface area (Å²) in [5.74, 6) is 0.712. The highest BCUT2D eigenvalue weighted by atomic mass is 35.5. The summed E-state index contributed by atoms with van der Waals surface area (Å²) in [5, 5.41) is 3.89. The first kappa shape index (κ1) is 10.2. The number of benzene rings is 1. The van der Waals surface area contributed by atoms with Crippen molar-refractivity contribution in [2.45, 2.75) is 13.3 Å². The summed E-state index contributed by atoms with van der Waals surface area (Å²) in [7, 11) is 1.61. The molecule has 0 saturated carbocycles. The lowest BCUT2D eigenvalue weighted by molar-refractivity contribution is 0.415. The van der Waals surface area contributed by atoms with Gasteiger partial charge in [0, 0.05) is 12.2 Å². The summed E-state index contributed by atoms with van der Waals surface area (Å²) < 4.78 is 5.04. The maximum Gasteiger partial charge on any atom is 0.137 e. The van der Waals surface area contributed by atoms with Gasteiger partial charge in [-0.2, -0.15) is 0 Å². The Hall–Kier alpha value is -0.890. The van der Waals surface area contributed by atoms with Gasteiger partial charge in [0.25, 0.3) is 0 Å².